The number of nitrogens with zero attached hydrogens (tertiary/aromatic N) is 1. The number of ether oxygens (including phenoxy) is 2. The molecule has 1 unspecified atom stereocenters. The molecule has 7 nitrogen and oxygen atoms in total. The summed E-state index contributed by atoms with van der Waals surface area (Å²) in [7, 11) is -3.51. The Kier molecular flexibility index (Phi) is 6.48. The van der Waals surface area contributed by atoms with Crippen LogP contribution in [0.15, 0.2) is 53.4 Å². The Morgan fingerprint density at radius 2 is 1.74 bits per heavy atom. The summed E-state index contributed by atoms with van der Waals surface area (Å²) in [4.78, 5) is 13.2. The highest BCUT2D eigenvalue weighted by Gasteiger charge is 2.32. The van der Waals surface area contributed by atoms with E-state index in [9.17, 15) is 13.2 Å². The Morgan fingerprint density at radius 3 is 2.42 bits per heavy atom. The van der Waals surface area contributed by atoms with Gasteiger partial charge in [-0.2, -0.15) is 4.31 Å². The van der Waals surface area contributed by atoms with Crippen molar-refractivity contribution in [3.8, 4) is 11.5 Å². The van der Waals surface area contributed by atoms with E-state index in [4.69, 9.17) is 9.47 Å². The standard InChI is InChI=1S/C23H28N2O5S/c1-2-20(18-8-9-21-22(16-18)30-15-14-29-21)24-23(26)17-10-12-25(13-11-17)31(27,28)19-6-4-3-5-7-19/h3-9,16-17,20H,2,10-15H2,1H3,(H,24,26). The Balaban J connectivity index is 1.37. The number of hydrogen-bond donors (Lipinski definition) is 1. The highest BCUT2D eigenvalue weighted by atomic mass is 32.2. The summed E-state index contributed by atoms with van der Waals surface area (Å²) in [5, 5.41) is 3.14. The monoisotopic (exact) mass is 444 g/mol. The van der Waals surface area contributed by atoms with Gasteiger partial charge in [0.05, 0.1) is 10.9 Å². The van der Waals surface area contributed by atoms with E-state index in [0.717, 1.165) is 17.7 Å². The zero-order valence-electron chi connectivity index (χ0n) is 17.6. The second kappa shape index (κ2) is 9.28. The number of benzene rings is 2. The Labute approximate surface area is 183 Å². The van der Waals surface area contributed by atoms with Gasteiger partial charge in [0.2, 0.25) is 15.9 Å². The molecule has 2 aromatic carbocycles. The number of amides is 1. The fourth-order valence-corrected chi connectivity index (χ4v) is 5.58. The van der Waals surface area contributed by atoms with E-state index in [1.807, 2.05) is 25.1 Å². The van der Waals surface area contributed by atoms with Crippen LogP contribution in [0.2, 0.25) is 0 Å². The Morgan fingerprint density at radius 1 is 1.06 bits per heavy atom. The van der Waals surface area contributed by atoms with Gasteiger partial charge in [0.25, 0.3) is 0 Å². The normalized spacial score (nSPS) is 18.4. The van der Waals surface area contributed by atoms with Crippen LogP contribution in [0.25, 0.3) is 0 Å². The third-order valence-corrected chi connectivity index (χ3v) is 7.81. The average molecular weight is 445 g/mol. The molecule has 31 heavy (non-hydrogen) atoms. The first-order valence-corrected chi connectivity index (χ1v) is 12.2. The summed E-state index contributed by atoms with van der Waals surface area (Å²) in [5.41, 5.74) is 0.976. The van der Waals surface area contributed by atoms with Gasteiger partial charge in [-0.15, -0.1) is 0 Å². The van der Waals surface area contributed by atoms with Crippen molar-refractivity contribution in [1.29, 1.82) is 0 Å². The maximum atomic E-state index is 12.9. The van der Waals surface area contributed by atoms with Gasteiger partial charge < -0.3 is 14.8 Å². The summed E-state index contributed by atoms with van der Waals surface area (Å²) < 4.78 is 38.3. The van der Waals surface area contributed by atoms with Crippen molar-refractivity contribution < 1.29 is 22.7 Å². The maximum Gasteiger partial charge on any atom is 0.243 e. The molecule has 2 aliphatic rings. The molecule has 4 rings (SSSR count). The minimum atomic E-state index is -3.51. The van der Waals surface area contributed by atoms with Crippen LogP contribution in [-0.4, -0.2) is 44.9 Å². The van der Waals surface area contributed by atoms with Crippen LogP contribution < -0.4 is 14.8 Å². The molecule has 0 spiro atoms. The number of rotatable bonds is 6. The molecule has 2 aromatic rings. The molecule has 0 aromatic heterocycles. The van der Waals surface area contributed by atoms with Gasteiger partial charge >= 0.3 is 0 Å². The number of carbonyl (C=O) groups is 1. The third kappa shape index (κ3) is 4.70. The number of carbonyl (C=O) groups excluding carboxylic acids is 1. The lowest BCUT2D eigenvalue weighted by Gasteiger charge is -2.31. The number of hydrogen-bond acceptors (Lipinski definition) is 5. The second-order valence-electron chi connectivity index (χ2n) is 7.86. The van der Waals surface area contributed by atoms with Crippen LogP contribution in [0, 0.1) is 5.92 Å². The van der Waals surface area contributed by atoms with Crippen molar-refractivity contribution in [2.24, 2.45) is 5.92 Å². The number of fused-ring (bicyclic) bond motifs is 1. The first-order valence-electron chi connectivity index (χ1n) is 10.7. The zero-order chi connectivity index (χ0) is 21.8. The van der Waals surface area contributed by atoms with Gasteiger partial charge in [0.15, 0.2) is 11.5 Å². The van der Waals surface area contributed by atoms with Crippen molar-refractivity contribution in [2.45, 2.75) is 37.1 Å². The Hall–Kier alpha value is -2.58. The summed E-state index contributed by atoms with van der Waals surface area (Å²) in [5.74, 6) is 1.20. The predicted octanol–water partition coefficient (Wildman–Crippen LogP) is 3.13. The van der Waals surface area contributed by atoms with Gasteiger partial charge in [-0.1, -0.05) is 31.2 Å². The minimum Gasteiger partial charge on any atom is -0.486 e. The summed E-state index contributed by atoms with van der Waals surface area (Å²) >= 11 is 0. The molecule has 2 aliphatic heterocycles. The van der Waals surface area contributed by atoms with Crippen LogP contribution >= 0.6 is 0 Å². The summed E-state index contributed by atoms with van der Waals surface area (Å²) in [6.45, 7) is 3.77. The molecule has 1 N–H and O–H groups in total. The van der Waals surface area contributed by atoms with Gasteiger partial charge in [-0.3, -0.25) is 4.79 Å². The third-order valence-electron chi connectivity index (χ3n) is 5.90. The molecule has 0 aliphatic carbocycles. The van der Waals surface area contributed by atoms with Crippen molar-refractivity contribution >= 4 is 15.9 Å². The summed E-state index contributed by atoms with van der Waals surface area (Å²) in [6.07, 6.45) is 1.76. The van der Waals surface area contributed by atoms with Crippen LogP contribution in [0.3, 0.4) is 0 Å². The van der Waals surface area contributed by atoms with E-state index in [2.05, 4.69) is 5.32 Å². The quantitative estimate of drug-likeness (QED) is 0.740. The van der Waals surface area contributed by atoms with Gasteiger partial charge in [0, 0.05) is 19.0 Å². The van der Waals surface area contributed by atoms with E-state index in [-0.39, 0.29) is 17.9 Å². The van der Waals surface area contributed by atoms with Crippen LogP contribution in [0.1, 0.15) is 37.8 Å². The molecule has 166 valence electrons. The zero-order valence-corrected chi connectivity index (χ0v) is 18.4. The number of piperidine rings is 1. The lowest BCUT2D eigenvalue weighted by Crippen LogP contribution is -2.43. The van der Waals surface area contributed by atoms with Crippen LogP contribution in [0.5, 0.6) is 11.5 Å². The highest BCUT2D eigenvalue weighted by Crippen LogP contribution is 2.33. The van der Waals surface area contributed by atoms with Crippen molar-refractivity contribution in [3.63, 3.8) is 0 Å². The highest BCUT2D eigenvalue weighted by molar-refractivity contribution is 7.89. The van der Waals surface area contributed by atoms with Crippen LogP contribution in [0.4, 0.5) is 0 Å². The number of sulfonamides is 1. The van der Waals surface area contributed by atoms with Gasteiger partial charge in [-0.25, -0.2) is 8.42 Å². The second-order valence-corrected chi connectivity index (χ2v) is 9.80. The lowest BCUT2D eigenvalue weighted by molar-refractivity contribution is -0.126. The molecule has 1 atom stereocenters. The summed E-state index contributed by atoms with van der Waals surface area (Å²) in [6, 6.07) is 14.1. The van der Waals surface area contributed by atoms with Crippen molar-refractivity contribution in [2.75, 3.05) is 26.3 Å². The van der Waals surface area contributed by atoms with Crippen molar-refractivity contribution in [1.82, 2.24) is 9.62 Å². The van der Waals surface area contributed by atoms with E-state index in [0.29, 0.717) is 49.8 Å². The first-order chi connectivity index (χ1) is 15.0. The molecular formula is C23H28N2O5S. The fourth-order valence-electron chi connectivity index (χ4n) is 4.09. The molecular weight excluding hydrogens is 416 g/mol. The molecule has 1 amide bonds. The molecule has 8 heteroatoms. The molecule has 0 radical (unpaired) electrons. The van der Waals surface area contributed by atoms with Gasteiger partial charge in [0.1, 0.15) is 13.2 Å². The molecule has 2 heterocycles. The number of nitrogens with one attached hydrogen (secondary N) is 1. The molecule has 1 saturated heterocycles. The largest absolute Gasteiger partial charge is 0.486 e. The van der Waals surface area contributed by atoms with Crippen LogP contribution in [-0.2, 0) is 14.8 Å². The molecule has 0 saturated carbocycles. The van der Waals surface area contributed by atoms with E-state index >= 15 is 0 Å². The van der Waals surface area contributed by atoms with E-state index in [1.165, 1.54) is 4.31 Å². The minimum absolute atomic E-state index is 0.0292. The average Bonchev–Trinajstić information content (AvgIpc) is 2.82. The maximum absolute atomic E-state index is 12.9. The SMILES string of the molecule is CCC(NC(=O)C1CCN(S(=O)(=O)c2ccccc2)CC1)c1ccc2c(c1)OCCO2. The van der Waals surface area contributed by atoms with E-state index < -0.39 is 10.0 Å². The lowest BCUT2D eigenvalue weighted by atomic mass is 9.95. The molecule has 1 fully saturated rings. The van der Waals surface area contributed by atoms with Gasteiger partial charge in [-0.05, 0) is 49.1 Å². The van der Waals surface area contributed by atoms with Crippen molar-refractivity contribution in [3.05, 3.63) is 54.1 Å². The first kappa shape index (κ1) is 21.6. The predicted molar refractivity (Wildman–Crippen MR) is 117 cm³/mol. The fraction of sp³-hybridized carbons (Fsp3) is 0.435. The Bertz CT molecular complexity index is 1020. The van der Waals surface area contributed by atoms with E-state index in [1.54, 1.807) is 30.3 Å². The molecule has 0 bridgehead atoms. The topological polar surface area (TPSA) is 84.9 Å². The smallest absolute Gasteiger partial charge is 0.243 e.